The molecular weight excluding hydrogens is 335 g/mol. The smallest absolute Gasteiger partial charge is 0.391 e. The van der Waals surface area contributed by atoms with Crippen LogP contribution in [0.25, 0.3) is 0 Å². The molecule has 1 aromatic rings. The fourth-order valence-corrected chi connectivity index (χ4v) is 2.27. The van der Waals surface area contributed by atoms with E-state index in [0.717, 1.165) is 6.07 Å². The molecule has 0 spiro atoms. The molecule has 2 nitrogen and oxygen atoms in total. The van der Waals surface area contributed by atoms with Gasteiger partial charge in [0, 0.05) is 16.7 Å². The molecule has 20 heavy (non-hydrogen) atoms. The van der Waals surface area contributed by atoms with Crippen molar-refractivity contribution >= 4 is 21.6 Å². The molecule has 0 radical (unpaired) electrons. The molecule has 2 N–H and O–H groups in total. The maximum Gasteiger partial charge on any atom is 0.418 e. The van der Waals surface area contributed by atoms with E-state index in [9.17, 15) is 18.3 Å². The zero-order valence-electron chi connectivity index (χ0n) is 11.7. The maximum absolute atomic E-state index is 12.9. The minimum atomic E-state index is -4.43. The molecular formula is C14H19BrF3NO. The van der Waals surface area contributed by atoms with Gasteiger partial charge in [-0.2, -0.15) is 13.2 Å². The van der Waals surface area contributed by atoms with Crippen LogP contribution in [-0.2, 0) is 6.18 Å². The van der Waals surface area contributed by atoms with Crippen molar-refractivity contribution in [3.8, 4) is 0 Å². The first-order valence-corrected chi connectivity index (χ1v) is 7.07. The van der Waals surface area contributed by atoms with Gasteiger partial charge in [0.1, 0.15) is 0 Å². The van der Waals surface area contributed by atoms with E-state index < -0.39 is 17.8 Å². The molecule has 0 heterocycles. The lowest BCUT2D eigenvalue weighted by atomic mass is 9.89. The van der Waals surface area contributed by atoms with Crippen molar-refractivity contribution in [2.45, 2.75) is 39.5 Å². The zero-order valence-corrected chi connectivity index (χ0v) is 13.3. The Bertz CT molecular complexity index is 455. The van der Waals surface area contributed by atoms with Gasteiger partial charge in [0.15, 0.2) is 0 Å². The molecule has 0 amide bonds. The van der Waals surface area contributed by atoms with E-state index in [1.165, 1.54) is 12.1 Å². The summed E-state index contributed by atoms with van der Waals surface area (Å²) in [7, 11) is 0. The summed E-state index contributed by atoms with van der Waals surface area (Å²) in [5.41, 5.74) is -0.836. The molecule has 1 aromatic carbocycles. The molecule has 1 rings (SSSR count). The number of alkyl halides is 3. The van der Waals surface area contributed by atoms with Crippen molar-refractivity contribution < 1.29 is 18.3 Å². The lowest BCUT2D eigenvalue weighted by Gasteiger charge is -2.23. The van der Waals surface area contributed by atoms with Crippen LogP contribution in [0.3, 0.4) is 0 Å². The Labute approximate surface area is 125 Å². The van der Waals surface area contributed by atoms with Gasteiger partial charge < -0.3 is 10.4 Å². The summed E-state index contributed by atoms with van der Waals surface area (Å²) in [6, 6.07) is 3.92. The highest BCUT2D eigenvalue weighted by atomic mass is 79.9. The Morgan fingerprint density at radius 1 is 1.25 bits per heavy atom. The number of nitrogens with one attached hydrogen (secondary N) is 1. The topological polar surface area (TPSA) is 32.3 Å². The predicted octanol–water partition coefficient (Wildman–Crippen LogP) is 4.68. The zero-order chi connectivity index (χ0) is 15.6. The summed E-state index contributed by atoms with van der Waals surface area (Å²) < 4.78 is 39.1. The van der Waals surface area contributed by atoms with Crippen LogP contribution in [0.5, 0.6) is 0 Å². The van der Waals surface area contributed by atoms with Gasteiger partial charge in [-0.25, -0.2) is 0 Å². The Kier molecular flexibility index (Phi) is 5.49. The highest BCUT2D eigenvalue weighted by Gasteiger charge is 2.33. The van der Waals surface area contributed by atoms with Crippen molar-refractivity contribution in [1.82, 2.24) is 0 Å². The van der Waals surface area contributed by atoms with Crippen LogP contribution in [0.2, 0.25) is 0 Å². The summed E-state index contributed by atoms with van der Waals surface area (Å²) in [6.45, 7) is 5.99. The SMILES string of the molecule is CC(C)(C)CC(O)CNc1ccc(Br)cc1C(F)(F)F. The average Bonchev–Trinajstić information content (AvgIpc) is 2.23. The average molecular weight is 354 g/mol. The molecule has 0 fully saturated rings. The van der Waals surface area contributed by atoms with Crippen molar-refractivity contribution in [2.75, 3.05) is 11.9 Å². The number of hydrogen-bond donors (Lipinski definition) is 2. The van der Waals surface area contributed by atoms with Gasteiger partial charge >= 0.3 is 6.18 Å². The van der Waals surface area contributed by atoms with Crippen LogP contribution in [0.1, 0.15) is 32.8 Å². The summed E-state index contributed by atoms with van der Waals surface area (Å²) in [6.07, 6.45) is -4.61. The molecule has 0 bridgehead atoms. The van der Waals surface area contributed by atoms with E-state index in [2.05, 4.69) is 21.2 Å². The minimum absolute atomic E-state index is 0.0198. The van der Waals surface area contributed by atoms with Gasteiger partial charge in [-0.3, -0.25) is 0 Å². The molecule has 0 aromatic heterocycles. The van der Waals surface area contributed by atoms with Crippen LogP contribution in [0, 0.1) is 5.41 Å². The number of aliphatic hydroxyl groups excluding tert-OH is 1. The van der Waals surface area contributed by atoms with Crippen LogP contribution in [-0.4, -0.2) is 17.8 Å². The Balaban J connectivity index is 2.78. The molecule has 1 atom stereocenters. The quantitative estimate of drug-likeness (QED) is 0.823. The van der Waals surface area contributed by atoms with Gasteiger partial charge in [0.25, 0.3) is 0 Å². The first-order chi connectivity index (χ1) is 8.99. The summed E-state index contributed by atoms with van der Waals surface area (Å²) in [5, 5.41) is 12.5. The van der Waals surface area contributed by atoms with E-state index in [1.54, 1.807) is 0 Å². The van der Waals surface area contributed by atoms with Crippen LogP contribution in [0.15, 0.2) is 22.7 Å². The second-order valence-electron chi connectivity index (χ2n) is 5.99. The van der Waals surface area contributed by atoms with Gasteiger partial charge in [0.2, 0.25) is 0 Å². The number of benzene rings is 1. The van der Waals surface area contributed by atoms with E-state index >= 15 is 0 Å². The largest absolute Gasteiger partial charge is 0.418 e. The molecule has 0 aliphatic rings. The third-order valence-electron chi connectivity index (χ3n) is 2.66. The van der Waals surface area contributed by atoms with E-state index in [1.807, 2.05) is 20.8 Å². The Morgan fingerprint density at radius 3 is 2.35 bits per heavy atom. The predicted molar refractivity (Wildman–Crippen MR) is 77.7 cm³/mol. The first kappa shape index (κ1) is 17.3. The molecule has 114 valence electrons. The van der Waals surface area contributed by atoms with E-state index in [4.69, 9.17) is 0 Å². The lowest BCUT2D eigenvalue weighted by molar-refractivity contribution is -0.137. The summed E-state index contributed by atoms with van der Waals surface area (Å²) in [4.78, 5) is 0. The normalized spacial score (nSPS) is 14.2. The van der Waals surface area contributed by atoms with Crippen molar-refractivity contribution in [3.05, 3.63) is 28.2 Å². The third-order valence-corrected chi connectivity index (χ3v) is 3.16. The number of anilines is 1. The first-order valence-electron chi connectivity index (χ1n) is 6.28. The highest BCUT2D eigenvalue weighted by Crippen LogP contribution is 2.36. The lowest BCUT2D eigenvalue weighted by Crippen LogP contribution is -2.26. The molecule has 6 heteroatoms. The Morgan fingerprint density at radius 2 is 1.85 bits per heavy atom. The Hall–Kier alpha value is -0.750. The molecule has 0 saturated heterocycles. The molecule has 1 unspecified atom stereocenters. The molecule has 0 aliphatic carbocycles. The van der Waals surface area contributed by atoms with Crippen LogP contribution < -0.4 is 5.32 Å². The standard InChI is InChI=1S/C14H19BrF3NO/c1-13(2,3)7-10(20)8-19-12-5-4-9(15)6-11(12)14(16,17)18/h4-6,10,19-20H,7-8H2,1-3H3. The number of hydrogen-bond acceptors (Lipinski definition) is 2. The number of aliphatic hydroxyl groups is 1. The van der Waals surface area contributed by atoms with Crippen molar-refractivity contribution in [3.63, 3.8) is 0 Å². The summed E-state index contributed by atoms with van der Waals surface area (Å²) in [5.74, 6) is 0. The fourth-order valence-electron chi connectivity index (χ4n) is 1.91. The van der Waals surface area contributed by atoms with E-state index in [0.29, 0.717) is 10.9 Å². The summed E-state index contributed by atoms with van der Waals surface area (Å²) >= 11 is 3.03. The van der Waals surface area contributed by atoms with Crippen molar-refractivity contribution in [2.24, 2.45) is 5.41 Å². The van der Waals surface area contributed by atoms with Gasteiger partial charge in [0.05, 0.1) is 11.7 Å². The highest BCUT2D eigenvalue weighted by molar-refractivity contribution is 9.10. The second-order valence-corrected chi connectivity index (χ2v) is 6.90. The van der Waals surface area contributed by atoms with Crippen molar-refractivity contribution in [1.29, 1.82) is 0 Å². The fraction of sp³-hybridized carbons (Fsp3) is 0.571. The number of halogens is 4. The maximum atomic E-state index is 12.9. The van der Waals surface area contributed by atoms with Gasteiger partial charge in [-0.05, 0) is 30.0 Å². The monoisotopic (exact) mass is 353 g/mol. The molecule has 0 saturated carbocycles. The minimum Gasteiger partial charge on any atom is -0.391 e. The number of rotatable bonds is 4. The van der Waals surface area contributed by atoms with Crippen LogP contribution >= 0.6 is 15.9 Å². The van der Waals surface area contributed by atoms with Gasteiger partial charge in [-0.1, -0.05) is 36.7 Å². The van der Waals surface area contributed by atoms with Gasteiger partial charge in [-0.15, -0.1) is 0 Å². The van der Waals surface area contributed by atoms with Crippen LogP contribution in [0.4, 0.5) is 18.9 Å². The van der Waals surface area contributed by atoms with E-state index in [-0.39, 0.29) is 17.6 Å². The second kappa shape index (κ2) is 6.35. The molecule has 0 aliphatic heterocycles. The third kappa shape index (κ3) is 5.71.